The molecule has 0 aliphatic carbocycles. The van der Waals surface area contributed by atoms with Crippen molar-refractivity contribution in [2.75, 3.05) is 18.0 Å². The Morgan fingerprint density at radius 2 is 2.14 bits per heavy atom. The summed E-state index contributed by atoms with van der Waals surface area (Å²) in [7, 11) is 0. The summed E-state index contributed by atoms with van der Waals surface area (Å²) in [5.41, 5.74) is 4.15. The number of aryl methyl sites for hydroxylation is 1. The van der Waals surface area contributed by atoms with Crippen molar-refractivity contribution in [3.05, 3.63) is 41.5 Å². The number of aldehydes is 1. The van der Waals surface area contributed by atoms with Gasteiger partial charge >= 0.3 is 0 Å². The fraction of sp³-hybridized carbons (Fsp3) is 0.250. The number of rotatable bonds is 2. The molecule has 1 heterocycles. The highest BCUT2D eigenvalue weighted by Crippen LogP contribution is 2.26. The molecule has 0 atom stereocenters. The van der Waals surface area contributed by atoms with Gasteiger partial charge in [-0.15, -0.1) is 0 Å². The van der Waals surface area contributed by atoms with Gasteiger partial charge in [0.1, 0.15) is 0 Å². The minimum atomic E-state index is 0.775. The highest BCUT2D eigenvalue weighted by atomic mass is 16.1. The van der Waals surface area contributed by atoms with Gasteiger partial charge in [-0.05, 0) is 24.6 Å². The van der Waals surface area contributed by atoms with Crippen LogP contribution >= 0.6 is 0 Å². The van der Waals surface area contributed by atoms with Crippen LogP contribution in [0.15, 0.2) is 30.4 Å². The van der Waals surface area contributed by atoms with Gasteiger partial charge in [0.25, 0.3) is 0 Å². The Labute approximate surface area is 83.8 Å². The maximum absolute atomic E-state index is 10.9. The van der Waals surface area contributed by atoms with Crippen LogP contribution in [0.4, 0.5) is 5.69 Å². The smallest absolute Gasteiger partial charge is 0.152 e. The van der Waals surface area contributed by atoms with Crippen molar-refractivity contribution >= 4 is 12.0 Å². The summed E-state index contributed by atoms with van der Waals surface area (Å²) in [6, 6.07) is 5.96. The van der Waals surface area contributed by atoms with E-state index in [-0.39, 0.29) is 0 Å². The minimum absolute atomic E-state index is 0.775. The van der Waals surface area contributed by atoms with E-state index in [9.17, 15) is 4.79 Å². The maximum Gasteiger partial charge on any atom is 0.152 e. The van der Waals surface area contributed by atoms with E-state index in [4.69, 9.17) is 0 Å². The Morgan fingerprint density at radius 3 is 2.71 bits per heavy atom. The molecule has 0 saturated carbocycles. The number of carbonyl (C=O) groups is 1. The molecule has 0 N–H and O–H groups in total. The molecule has 0 spiro atoms. The first-order valence-electron chi connectivity index (χ1n) is 4.68. The lowest BCUT2D eigenvalue weighted by atomic mass is 10.0. The van der Waals surface area contributed by atoms with Crippen molar-refractivity contribution < 1.29 is 4.79 Å². The van der Waals surface area contributed by atoms with Crippen LogP contribution in [0, 0.1) is 6.92 Å². The fourth-order valence-corrected chi connectivity index (χ4v) is 1.72. The molecular formula is C12H13NO. The monoisotopic (exact) mass is 187 g/mol. The summed E-state index contributed by atoms with van der Waals surface area (Å²) in [6.07, 6.45) is 0.920. The van der Waals surface area contributed by atoms with E-state index in [2.05, 4.69) is 11.5 Å². The van der Waals surface area contributed by atoms with E-state index in [1.165, 1.54) is 5.57 Å². The summed E-state index contributed by atoms with van der Waals surface area (Å²) < 4.78 is 0. The predicted molar refractivity (Wildman–Crippen MR) is 57.9 cm³/mol. The lowest BCUT2D eigenvalue weighted by Gasteiger charge is -2.36. The van der Waals surface area contributed by atoms with Gasteiger partial charge in [-0.2, -0.15) is 0 Å². The van der Waals surface area contributed by atoms with Gasteiger partial charge in [0.2, 0.25) is 0 Å². The summed E-state index contributed by atoms with van der Waals surface area (Å²) in [5.74, 6) is 0. The molecule has 14 heavy (non-hydrogen) atoms. The molecule has 2 nitrogen and oxygen atoms in total. The van der Waals surface area contributed by atoms with Crippen LogP contribution in [-0.2, 0) is 0 Å². The highest BCUT2D eigenvalue weighted by molar-refractivity contribution is 5.85. The van der Waals surface area contributed by atoms with E-state index in [0.717, 1.165) is 36.2 Å². The first kappa shape index (κ1) is 9.00. The molecular weight excluding hydrogens is 174 g/mol. The molecule has 0 radical (unpaired) electrons. The molecule has 0 amide bonds. The van der Waals surface area contributed by atoms with E-state index in [1.54, 1.807) is 0 Å². The van der Waals surface area contributed by atoms with Crippen molar-refractivity contribution in [3.63, 3.8) is 0 Å². The molecule has 1 aromatic rings. The lowest BCUT2D eigenvalue weighted by molar-refractivity contribution is 0.112. The molecule has 1 aliphatic rings. The number of carbonyl (C=O) groups excluding carboxylic acids is 1. The van der Waals surface area contributed by atoms with E-state index >= 15 is 0 Å². The zero-order valence-corrected chi connectivity index (χ0v) is 8.29. The van der Waals surface area contributed by atoms with Crippen LogP contribution in [0.1, 0.15) is 15.9 Å². The Morgan fingerprint density at radius 1 is 1.43 bits per heavy atom. The average molecular weight is 187 g/mol. The minimum Gasteiger partial charge on any atom is -0.363 e. The van der Waals surface area contributed by atoms with Crippen LogP contribution in [-0.4, -0.2) is 19.4 Å². The molecule has 0 bridgehead atoms. The Kier molecular flexibility index (Phi) is 2.12. The predicted octanol–water partition coefficient (Wildman–Crippen LogP) is 2.18. The molecule has 72 valence electrons. The lowest BCUT2D eigenvalue weighted by Crippen LogP contribution is -2.40. The third kappa shape index (κ3) is 1.43. The molecule has 2 rings (SSSR count). The Hall–Kier alpha value is -1.57. The number of hydrogen-bond donors (Lipinski definition) is 0. The Bertz CT molecular complexity index is 387. The summed E-state index contributed by atoms with van der Waals surface area (Å²) in [4.78, 5) is 13.0. The third-order valence-electron chi connectivity index (χ3n) is 2.48. The van der Waals surface area contributed by atoms with Crippen molar-refractivity contribution in [3.8, 4) is 0 Å². The standard InChI is InChI=1S/C12H13NO/c1-9-3-4-12(11(5-9)8-14)13-6-10(2)7-13/h3-5,8H,2,6-7H2,1H3. The van der Waals surface area contributed by atoms with Gasteiger partial charge in [0, 0.05) is 24.3 Å². The van der Waals surface area contributed by atoms with Gasteiger partial charge in [0.15, 0.2) is 6.29 Å². The Balaban J connectivity index is 2.33. The van der Waals surface area contributed by atoms with E-state index < -0.39 is 0 Å². The number of benzene rings is 1. The second-order valence-electron chi connectivity index (χ2n) is 3.79. The van der Waals surface area contributed by atoms with Crippen molar-refractivity contribution in [1.82, 2.24) is 0 Å². The average Bonchev–Trinajstić information content (AvgIpc) is 2.13. The van der Waals surface area contributed by atoms with Crippen molar-refractivity contribution in [1.29, 1.82) is 0 Å². The van der Waals surface area contributed by atoms with E-state index in [0.29, 0.717) is 0 Å². The van der Waals surface area contributed by atoms with Gasteiger partial charge < -0.3 is 4.90 Å². The largest absolute Gasteiger partial charge is 0.363 e. The first-order valence-corrected chi connectivity index (χ1v) is 4.68. The van der Waals surface area contributed by atoms with Crippen LogP contribution in [0.3, 0.4) is 0 Å². The molecule has 0 unspecified atom stereocenters. The fourth-order valence-electron chi connectivity index (χ4n) is 1.72. The quantitative estimate of drug-likeness (QED) is 0.522. The third-order valence-corrected chi connectivity index (χ3v) is 2.48. The second-order valence-corrected chi connectivity index (χ2v) is 3.79. The summed E-state index contributed by atoms with van der Waals surface area (Å²) in [6.45, 7) is 7.63. The molecule has 1 fully saturated rings. The molecule has 2 heteroatoms. The molecule has 0 aromatic heterocycles. The zero-order chi connectivity index (χ0) is 10.1. The highest BCUT2D eigenvalue weighted by Gasteiger charge is 2.20. The zero-order valence-electron chi connectivity index (χ0n) is 8.29. The van der Waals surface area contributed by atoms with Crippen LogP contribution < -0.4 is 4.90 Å². The van der Waals surface area contributed by atoms with Crippen LogP contribution in [0.5, 0.6) is 0 Å². The van der Waals surface area contributed by atoms with Gasteiger partial charge in [0.05, 0.1) is 0 Å². The normalized spacial score (nSPS) is 15.2. The van der Waals surface area contributed by atoms with Gasteiger partial charge in [-0.3, -0.25) is 4.79 Å². The summed E-state index contributed by atoms with van der Waals surface area (Å²) in [5, 5.41) is 0. The SMILES string of the molecule is C=C1CN(c2ccc(C)cc2C=O)C1. The van der Waals surface area contributed by atoms with Gasteiger partial charge in [-0.1, -0.05) is 18.2 Å². The van der Waals surface area contributed by atoms with E-state index in [1.807, 2.05) is 25.1 Å². The number of anilines is 1. The maximum atomic E-state index is 10.9. The topological polar surface area (TPSA) is 20.3 Å². The molecule has 1 saturated heterocycles. The summed E-state index contributed by atoms with van der Waals surface area (Å²) >= 11 is 0. The number of nitrogens with zero attached hydrogens (tertiary/aromatic N) is 1. The van der Waals surface area contributed by atoms with Crippen molar-refractivity contribution in [2.45, 2.75) is 6.92 Å². The second kappa shape index (κ2) is 3.29. The van der Waals surface area contributed by atoms with Gasteiger partial charge in [-0.25, -0.2) is 0 Å². The molecule has 1 aromatic carbocycles. The number of hydrogen-bond acceptors (Lipinski definition) is 2. The first-order chi connectivity index (χ1) is 6.70. The van der Waals surface area contributed by atoms with Crippen molar-refractivity contribution in [2.24, 2.45) is 0 Å². The molecule has 1 aliphatic heterocycles. The van der Waals surface area contributed by atoms with Crippen LogP contribution in [0.2, 0.25) is 0 Å². The van der Waals surface area contributed by atoms with Crippen LogP contribution in [0.25, 0.3) is 0 Å².